The summed E-state index contributed by atoms with van der Waals surface area (Å²) < 4.78 is 4.84. The Kier molecular flexibility index (Phi) is 7.13. The van der Waals surface area contributed by atoms with Crippen molar-refractivity contribution in [1.29, 1.82) is 0 Å². The number of carbonyl (C=O) groups excluding carboxylic acids is 2. The van der Waals surface area contributed by atoms with Gasteiger partial charge in [-0.1, -0.05) is 13.3 Å². The number of methoxy groups -OCH3 is 1. The van der Waals surface area contributed by atoms with Crippen LogP contribution in [0.2, 0.25) is 0 Å². The molecule has 1 amide bonds. The van der Waals surface area contributed by atoms with Crippen LogP contribution in [-0.4, -0.2) is 36.6 Å². The largest absolute Gasteiger partial charge is 0.467 e. The Morgan fingerprint density at radius 2 is 1.86 bits per heavy atom. The van der Waals surface area contributed by atoms with Gasteiger partial charge in [0.25, 0.3) is 0 Å². The number of amides is 1. The first-order valence-electron chi connectivity index (χ1n) is 8.12. The van der Waals surface area contributed by atoms with E-state index in [-0.39, 0.29) is 24.3 Å². The van der Waals surface area contributed by atoms with Gasteiger partial charge in [-0.15, -0.1) is 12.4 Å². The average Bonchev–Trinajstić information content (AvgIpc) is 2.77. The molecule has 3 atom stereocenters. The maximum absolute atomic E-state index is 12.3. The summed E-state index contributed by atoms with van der Waals surface area (Å²) >= 11 is 0. The van der Waals surface area contributed by atoms with E-state index < -0.39 is 5.54 Å². The highest BCUT2D eigenvalue weighted by Crippen LogP contribution is 2.32. The number of rotatable bonds is 6. The zero-order valence-corrected chi connectivity index (χ0v) is 14.6. The van der Waals surface area contributed by atoms with Crippen LogP contribution in [-0.2, 0) is 14.3 Å². The summed E-state index contributed by atoms with van der Waals surface area (Å²) in [6, 6.07) is 1.17. The van der Waals surface area contributed by atoms with Gasteiger partial charge >= 0.3 is 5.97 Å². The molecule has 3 unspecified atom stereocenters. The summed E-state index contributed by atoms with van der Waals surface area (Å²) in [4.78, 5) is 24.2. The van der Waals surface area contributed by atoms with Crippen molar-refractivity contribution >= 4 is 24.3 Å². The molecule has 2 fully saturated rings. The fourth-order valence-electron chi connectivity index (χ4n) is 3.90. The first kappa shape index (κ1) is 19.2. The summed E-state index contributed by atoms with van der Waals surface area (Å²) in [5.41, 5.74) is -0.896. The summed E-state index contributed by atoms with van der Waals surface area (Å²) in [5.74, 6) is 0.0537. The van der Waals surface area contributed by atoms with Crippen LogP contribution in [0.5, 0.6) is 0 Å². The molecule has 0 aromatic rings. The van der Waals surface area contributed by atoms with E-state index in [2.05, 4.69) is 10.6 Å². The minimum Gasteiger partial charge on any atom is -0.467 e. The number of nitrogens with one attached hydrogen (secondary N) is 2. The van der Waals surface area contributed by atoms with Crippen molar-refractivity contribution in [2.75, 3.05) is 7.11 Å². The van der Waals surface area contributed by atoms with E-state index in [9.17, 15) is 9.59 Å². The van der Waals surface area contributed by atoms with E-state index in [1.807, 2.05) is 6.92 Å². The van der Waals surface area contributed by atoms with Gasteiger partial charge in [0, 0.05) is 18.5 Å². The Bertz CT molecular complexity index is 393. The lowest BCUT2D eigenvalue weighted by atomic mass is 9.88. The lowest BCUT2D eigenvalue weighted by Crippen LogP contribution is -2.53. The summed E-state index contributed by atoms with van der Waals surface area (Å²) in [6.07, 6.45) is 6.56. The molecule has 22 heavy (non-hydrogen) atoms. The van der Waals surface area contributed by atoms with Crippen LogP contribution >= 0.6 is 12.4 Å². The highest BCUT2D eigenvalue weighted by molar-refractivity contribution is 5.87. The van der Waals surface area contributed by atoms with Crippen molar-refractivity contribution in [2.45, 2.75) is 76.4 Å². The van der Waals surface area contributed by atoms with Crippen LogP contribution in [0.1, 0.15) is 58.8 Å². The van der Waals surface area contributed by atoms with E-state index in [0.717, 1.165) is 19.3 Å². The summed E-state index contributed by atoms with van der Waals surface area (Å²) in [7, 11) is 1.37. The molecule has 5 nitrogen and oxygen atoms in total. The van der Waals surface area contributed by atoms with Crippen molar-refractivity contribution in [3.63, 3.8) is 0 Å². The zero-order chi connectivity index (χ0) is 15.5. The summed E-state index contributed by atoms with van der Waals surface area (Å²) in [5, 5.41) is 6.49. The molecule has 2 bridgehead atoms. The molecule has 2 N–H and O–H groups in total. The van der Waals surface area contributed by atoms with Crippen molar-refractivity contribution in [1.82, 2.24) is 10.6 Å². The number of carbonyl (C=O) groups is 2. The van der Waals surface area contributed by atoms with E-state index in [4.69, 9.17) is 4.74 Å². The Hall–Kier alpha value is -0.810. The zero-order valence-electron chi connectivity index (χ0n) is 13.8. The highest BCUT2D eigenvalue weighted by Gasteiger charge is 2.37. The van der Waals surface area contributed by atoms with Gasteiger partial charge in [-0.2, -0.15) is 0 Å². The second-order valence-corrected chi connectivity index (χ2v) is 6.80. The van der Waals surface area contributed by atoms with Crippen LogP contribution in [0, 0.1) is 5.92 Å². The van der Waals surface area contributed by atoms with Crippen LogP contribution in [0.15, 0.2) is 0 Å². The van der Waals surface area contributed by atoms with E-state index in [0.29, 0.717) is 30.8 Å². The fraction of sp³-hybridized carbons (Fsp3) is 0.875. The first-order valence-corrected chi connectivity index (χ1v) is 8.12. The third-order valence-corrected chi connectivity index (χ3v) is 4.85. The van der Waals surface area contributed by atoms with Gasteiger partial charge in [-0.05, 0) is 44.9 Å². The molecule has 0 aromatic heterocycles. The molecule has 2 rings (SSSR count). The second-order valence-electron chi connectivity index (χ2n) is 6.80. The highest BCUT2D eigenvalue weighted by atomic mass is 35.5. The Labute approximate surface area is 139 Å². The number of fused-ring (bicyclic) bond motifs is 2. The maximum atomic E-state index is 12.3. The molecule has 128 valence electrons. The number of halogens is 1. The summed E-state index contributed by atoms with van der Waals surface area (Å²) in [6.45, 7) is 3.75. The molecule has 6 heteroatoms. The molecule has 0 aliphatic carbocycles. The molecular formula is C16H29ClN2O3. The average molecular weight is 333 g/mol. The van der Waals surface area contributed by atoms with Gasteiger partial charge in [0.15, 0.2) is 0 Å². The van der Waals surface area contributed by atoms with Gasteiger partial charge in [0.1, 0.15) is 5.54 Å². The molecule has 0 radical (unpaired) electrons. The third kappa shape index (κ3) is 4.59. The molecule has 2 aliphatic rings. The minimum atomic E-state index is -0.896. The maximum Gasteiger partial charge on any atom is 0.331 e. The monoisotopic (exact) mass is 332 g/mol. The third-order valence-electron chi connectivity index (χ3n) is 4.85. The van der Waals surface area contributed by atoms with Gasteiger partial charge in [0.2, 0.25) is 5.91 Å². The number of hydrogen-bond acceptors (Lipinski definition) is 4. The Morgan fingerprint density at radius 3 is 2.36 bits per heavy atom. The minimum absolute atomic E-state index is 0. The number of ether oxygens (including phenoxy) is 1. The number of hydrogen-bond donors (Lipinski definition) is 2. The van der Waals surface area contributed by atoms with Crippen molar-refractivity contribution in [3.8, 4) is 0 Å². The molecule has 2 heterocycles. The molecule has 0 saturated carbocycles. The van der Waals surface area contributed by atoms with Crippen LogP contribution in [0.4, 0.5) is 0 Å². The lowest BCUT2D eigenvalue weighted by Gasteiger charge is -2.31. The quantitative estimate of drug-likeness (QED) is 0.732. The molecule has 0 aromatic carbocycles. The van der Waals surface area contributed by atoms with Gasteiger partial charge < -0.3 is 15.4 Å². The first-order chi connectivity index (χ1) is 9.96. The van der Waals surface area contributed by atoms with Crippen LogP contribution in [0.25, 0.3) is 0 Å². The van der Waals surface area contributed by atoms with Gasteiger partial charge in [-0.3, -0.25) is 4.79 Å². The lowest BCUT2D eigenvalue weighted by molar-refractivity contribution is -0.150. The fourth-order valence-corrected chi connectivity index (χ4v) is 3.90. The van der Waals surface area contributed by atoms with Crippen LogP contribution in [0.3, 0.4) is 0 Å². The number of piperidine rings is 1. The van der Waals surface area contributed by atoms with Gasteiger partial charge in [0.05, 0.1) is 7.11 Å². The molecule has 2 saturated heterocycles. The van der Waals surface area contributed by atoms with Crippen molar-refractivity contribution in [3.05, 3.63) is 0 Å². The van der Waals surface area contributed by atoms with E-state index >= 15 is 0 Å². The van der Waals surface area contributed by atoms with Crippen molar-refractivity contribution < 1.29 is 14.3 Å². The topological polar surface area (TPSA) is 67.4 Å². The normalized spacial score (nSPS) is 29.1. The predicted molar refractivity (Wildman–Crippen MR) is 88.0 cm³/mol. The van der Waals surface area contributed by atoms with Crippen LogP contribution < -0.4 is 10.6 Å². The van der Waals surface area contributed by atoms with Gasteiger partial charge in [-0.25, -0.2) is 4.79 Å². The smallest absolute Gasteiger partial charge is 0.331 e. The SMILES string of the molecule is CCCC(C)(NC(=O)CC1CC2CCC(C1)N2)C(=O)OC.Cl. The Balaban J connectivity index is 0.00000242. The molecule has 0 spiro atoms. The molecular weight excluding hydrogens is 304 g/mol. The Morgan fingerprint density at radius 1 is 1.27 bits per heavy atom. The predicted octanol–water partition coefficient (Wildman–Crippen LogP) is 2.18. The second kappa shape index (κ2) is 8.16. The van der Waals surface area contributed by atoms with Crippen molar-refractivity contribution in [2.24, 2.45) is 5.92 Å². The standard InChI is InChI=1S/C16H28N2O3.ClH/c1-4-7-16(2,15(20)21-3)18-14(19)10-11-8-12-5-6-13(9-11)17-12;/h11-13,17H,4-10H2,1-3H3,(H,18,19);1H. The van der Waals surface area contributed by atoms with E-state index in [1.165, 1.54) is 20.0 Å². The molecule has 2 aliphatic heterocycles. The number of esters is 1. The van der Waals surface area contributed by atoms with E-state index in [1.54, 1.807) is 6.92 Å².